The van der Waals surface area contributed by atoms with Crippen LogP contribution in [0, 0.1) is 5.92 Å². The zero-order valence-electron chi connectivity index (χ0n) is 67.8. The number of primary amides is 2. The van der Waals surface area contributed by atoms with Crippen molar-refractivity contribution in [1.82, 2.24) is 79.4 Å². The second-order valence-corrected chi connectivity index (χ2v) is 29.0. The van der Waals surface area contributed by atoms with Gasteiger partial charge in [-0.25, -0.2) is 4.79 Å². The average Bonchev–Trinajstić information content (AvgIpc) is 1.74. The van der Waals surface area contributed by atoms with E-state index in [0.717, 1.165) is 52.9 Å². The number of aromatic nitrogens is 1. The number of ether oxygens (including phenoxy) is 1. The lowest BCUT2D eigenvalue weighted by molar-refractivity contribution is -0.156. The molecule has 14 atom stereocenters. The van der Waals surface area contributed by atoms with Crippen LogP contribution in [0.25, 0.3) is 10.9 Å². The number of carboxylic acids is 4. The minimum Gasteiger partial charge on any atom is -0.481 e. The van der Waals surface area contributed by atoms with Crippen LogP contribution < -0.4 is 97.4 Å². The Morgan fingerprint density at radius 1 is 0.528 bits per heavy atom. The molecular weight excluding hydrogens is 1630 g/mol. The number of carboxylic acid groups (broad SMARTS) is 4. The number of unbranched alkanes of at least 4 members (excludes halogenated alkanes) is 6. The summed E-state index contributed by atoms with van der Waals surface area (Å²) < 4.78 is 5.69. The number of anilines is 1. The van der Waals surface area contributed by atoms with E-state index in [4.69, 9.17) is 27.7 Å². The van der Waals surface area contributed by atoms with Gasteiger partial charge in [-0.3, -0.25) is 101 Å². The minimum absolute atomic E-state index is 0.0387. The summed E-state index contributed by atoms with van der Waals surface area (Å²) in [5, 5.41) is 81.0. The molecule has 14 unspecified atom stereocenters. The predicted octanol–water partition coefficient (Wildman–Crippen LogP) is -7.26. The Morgan fingerprint density at radius 3 is 1.67 bits per heavy atom. The number of rotatable bonds is 39. The summed E-state index contributed by atoms with van der Waals surface area (Å²) in [6.07, 6.45) is -3.92. The number of ketones is 1. The molecule has 2 aromatic carbocycles. The van der Waals surface area contributed by atoms with E-state index in [1.165, 1.54) is 24.3 Å². The normalized spacial score (nSPS) is 20.7. The standard InChI is InChI=1S/C76H107N19O28/c1-5-6-7-8-9-10-11-22-56(100)87-46(25-39-32-82-44-20-15-13-17-40(39)44)70(116)90-47(28-55(80)99)71(117)92-50(31-62(109)110)72(118)95-64-38(4)123-76(122)51(27-53(97)41-18-12-14-19-42(41)77)93-75(121)63(36(2)24-59(103)104)94-73(119)52(35-96)88-58(102)33-83-67(113)48(29-60(105)106)89-65(111)37(3)85-69(115)49(30-61(107)108)91-68(114)45(86-57(101)34-84-74(64)120)21-16-23-81-66(112)43(78)26-54(79)98/h12-15,17-20,32,36-38,43,45-52,63-64,82,96H,5-11,16,21-31,33-35,77-78H2,1-4H3,(H2,79,98)(H2,80,99)(H,81,112)(H,83,113)(H,84,120)(H,85,115)(H,86,101)(H,87,100)(H,88,102)(H,89,111)(H,90,116)(H,91,114)(H,92,117)(H,93,121)(H,94,119)(H,95,118)(H,103,104)(H,105,106)(H,107,108)(H,109,110). The van der Waals surface area contributed by atoms with Crippen molar-refractivity contribution in [2.75, 3.05) is 32.0 Å². The van der Waals surface area contributed by atoms with Crippen molar-refractivity contribution in [3.05, 3.63) is 65.9 Å². The van der Waals surface area contributed by atoms with Gasteiger partial charge in [0.15, 0.2) is 5.78 Å². The van der Waals surface area contributed by atoms with Gasteiger partial charge in [0.2, 0.25) is 94.5 Å². The highest BCUT2D eigenvalue weighted by molar-refractivity contribution is 6.05. The van der Waals surface area contributed by atoms with Crippen LogP contribution in [0.2, 0.25) is 0 Å². The molecule has 28 N–H and O–H groups in total. The summed E-state index contributed by atoms with van der Waals surface area (Å²) in [7, 11) is 0. The first-order chi connectivity index (χ1) is 58.0. The molecule has 16 amide bonds. The van der Waals surface area contributed by atoms with Crippen molar-refractivity contribution in [2.24, 2.45) is 23.1 Å². The fourth-order valence-corrected chi connectivity index (χ4v) is 12.4. The van der Waals surface area contributed by atoms with E-state index in [1.54, 1.807) is 30.5 Å². The highest BCUT2D eigenvalue weighted by Gasteiger charge is 2.41. The number of aliphatic carboxylic acids is 4. The van der Waals surface area contributed by atoms with Crippen LogP contribution in [0.1, 0.15) is 153 Å². The lowest BCUT2D eigenvalue weighted by Crippen LogP contribution is -2.62. The van der Waals surface area contributed by atoms with Gasteiger partial charge in [-0.1, -0.05) is 82.7 Å². The number of aliphatic hydroxyl groups excluding tert-OH is 1. The molecule has 0 spiro atoms. The fourth-order valence-electron chi connectivity index (χ4n) is 12.4. The molecule has 2 heterocycles. The van der Waals surface area contributed by atoms with Crippen molar-refractivity contribution in [2.45, 2.75) is 222 Å². The number of cyclic esters (lactones) is 1. The number of para-hydroxylation sites is 2. The number of carbonyl (C=O) groups excluding carboxylic acids is 18. The van der Waals surface area contributed by atoms with Gasteiger partial charge in [0.1, 0.15) is 72.6 Å². The summed E-state index contributed by atoms with van der Waals surface area (Å²) >= 11 is 0. The van der Waals surface area contributed by atoms with Crippen molar-refractivity contribution in [1.29, 1.82) is 0 Å². The quantitative estimate of drug-likeness (QED) is 0.0109. The van der Waals surface area contributed by atoms with Crippen LogP contribution in [0.15, 0.2) is 54.7 Å². The molecule has 1 aliphatic rings. The van der Waals surface area contributed by atoms with Gasteiger partial charge < -0.3 is 133 Å². The molecule has 0 radical (unpaired) electrons. The monoisotopic (exact) mass is 1730 g/mol. The molecular formula is C76H107N19O28. The first kappa shape index (κ1) is 102. The van der Waals surface area contributed by atoms with Crippen LogP contribution in [-0.4, -0.2) is 266 Å². The van der Waals surface area contributed by atoms with Crippen molar-refractivity contribution >= 4 is 147 Å². The third kappa shape index (κ3) is 35.6. The summed E-state index contributed by atoms with van der Waals surface area (Å²) in [5.41, 5.74) is 23.2. The second kappa shape index (κ2) is 51.0. The van der Waals surface area contributed by atoms with E-state index in [-0.39, 0.29) is 30.5 Å². The minimum atomic E-state index is -2.52. The van der Waals surface area contributed by atoms with Gasteiger partial charge in [0.25, 0.3) is 0 Å². The van der Waals surface area contributed by atoms with Crippen LogP contribution in [0.4, 0.5) is 5.69 Å². The Morgan fingerprint density at radius 2 is 1.07 bits per heavy atom. The number of nitrogens with one attached hydrogen (secondary N) is 15. The molecule has 3 aromatic rings. The number of aliphatic hydroxyl groups is 1. The zero-order chi connectivity index (χ0) is 91.9. The van der Waals surface area contributed by atoms with Gasteiger partial charge in [-0.05, 0) is 62.8 Å². The second-order valence-electron chi connectivity index (χ2n) is 29.0. The molecule has 1 aliphatic heterocycles. The maximum atomic E-state index is 14.9. The topological polar surface area (TPSA) is 774 Å². The Hall–Kier alpha value is -13.8. The number of benzene rings is 2. The number of H-pyrrole nitrogens is 1. The van der Waals surface area contributed by atoms with Crippen molar-refractivity contribution in [3.63, 3.8) is 0 Å². The maximum Gasteiger partial charge on any atom is 0.329 e. The molecule has 0 aliphatic carbocycles. The molecule has 0 bridgehead atoms. The molecule has 1 fully saturated rings. The highest BCUT2D eigenvalue weighted by Crippen LogP contribution is 2.22. The number of aromatic amines is 1. The van der Waals surface area contributed by atoms with E-state index in [1.807, 2.05) is 16.0 Å². The van der Waals surface area contributed by atoms with E-state index in [0.29, 0.717) is 29.3 Å². The van der Waals surface area contributed by atoms with Crippen molar-refractivity contribution in [3.8, 4) is 0 Å². The van der Waals surface area contributed by atoms with E-state index >= 15 is 0 Å². The summed E-state index contributed by atoms with van der Waals surface area (Å²) in [5.74, 6) is -32.6. The fraction of sp³-hybridized carbons (Fsp3) is 0.526. The lowest BCUT2D eigenvalue weighted by atomic mass is 9.96. The van der Waals surface area contributed by atoms with Crippen LogP contribution >= 0.6 is 0 Å². The molecule has 123 heavy (non-hydrogen) atoms. The molecule has 0 saturated carbocycles. The van der Waals surface area contributed by atoms with E-state index in [9.17, 15) is 131 Å². The average molecular weight is 1730 g/mol. The maximum absolute atomic E-state index is 14.9. The SMILES string of the molecule is CCCCCCCCCC(=O)NC(Cc1c[nH]c2ccccc12)C(=O)NC(CC(N)=O)C(=O)NC(CC(=O)O)C(=O)NC1C(=O)NCC(=O)NC(CCCNC(=O)C(N)CC(N)=O)C(=O)NC(CC(=O)O)C(=O)NC(C)C(=O)NC(CC(=O)O)C(=O)NCC(=O)NC(CO)C(=O)NC(C(C)CC(=O)O)C(=O)NC(CC(=O)c2ccccc2N)C(=O)OC1C. The van der Waals surface area contributed by atoms with Crippen molar-refractivity contribution < 1.29 is 136 Å². The van der Waals surface area contributed by atoms with Crippen LogP contribution in [0.3, 0.4) is 0 Å². The first-order valence-electron chi connectivity index (χ1n) is 39.1. The smallest absolute Gasteiger partial charge is 0.329 e. The first-order valence-corrected chi connectivity index (χ1v) is 39.1. The third-order valence-corrected chi connectivity index (χ3v) is 18.9. The number of amides is 16. The Kier molecular flexibility index (Phi) is 42.1. The summed E-state index contributed by atoms with van der Waals surface area (Å²) in [4.78, 5) is 303. The molecule has 1 saturated heterocycles. The predicted molar refractivity (Wildman–Crippen MR) is 426 cm³/mol. The van der Waals surface area contributed by atoms with Gasteiger partial charge in [0.05, 0.1) is 64.3 Å². The number of hydrogen-bond acceptors (Lipinski definition) is 26. The highest BCUT2D eigenvalue weighted by atomic mass is 16.5. The van der Waals surface area contributed by atoms with Gasteiger partial charge in [-0.15, -0.1) is 0 Å². The number of hydrogen-bond donors (Lipinski definition) is 24. The molecule has 674 valence electrons. The van der Waals surface area contributed by atoms with E-state index in [2.05, 4.69) is 70.4 Å². The number of fused-ring (bicyclic) bond motifs is 1. The number of Topliss-reactive ketones (excluding diaryl/α,β-unsaturated/α-hetero) is 1. The van der Waals surface area contributed by atoms with Crippen LogP contribution in [-0.2, 0) is 112 Å². The molecule has 47 nitrogen and oxygen atoms in total. The van der Waals surface area contributed by atoms with Gasteiger partial charge >= 0.3 is 29.8 Å². The van der Waals surface area contributed by atoms with E-state index < -0.39 is 292 Å². The van der Waals surface area contributed by atoms with Crippen LogP contribution in [0.5, 0.6) is 0 Å². The molecule has 4 rings (SSSR count). The Balaban J connectivity index is 1.92. The summed E-state index contributed by atoms with van der Waals surface area (Å²) in [6, 6.07) is -12.9. The third-order valence-electron chi connectivity index (χ3n) is 18.9. The zero-order valence-corrected chi connectivity index (χ0v) is 67.8. The van der Waals surface area contributed by atoms with Gasteiger partial charge in [-0.2, -0.15) is 0 Å². The lowest BCUT2D eigenvalue weighted by Gasteiger charge is -2.30. The number of nitrogens with two attached hydrogens (primary N) is 4. The molecule has 1 aromatic heterocycles. The van der Waals surface area contributed by atoms with Gasteiger partial charge in [0, 0.05) is 54.2 Å². The molecule has 47 heteroatoms. The number of nitrogen functional groups attached to an aromatic ring is 1. The summed E-state index contributed by atoms with van der Waals surface area (Å²) in [6.45, 7) is 0.611. The Labute approximate surface area is 702 Å². The Bertz CT molecular complexity index is 4370. The number of esters is 1. The largest absolute Gasteiger partial charge is 0.481 e. The number of carbonyl (C=O) groups is 22.